The highest BCUT2D eigenvalue weighted by atomic mass is 32.2. The van der Waals surface area contributed by atoms with Gasteiger partial charge in [0.15, 0.2) is 9.84 Å². The maximum absolute atomic E-state index is 12.5. The van der Waals surface area contributed by atoms with Gasteiger partial charge in [-0.15, -0.1) is 0 Å². The molecule has 0 fully saturated rings. The minimum atomic E-state index is -3.27. The third-order valence-electron chi connectivity index (χ3n) is 4.52. The fraction of sp³-hybridized carbons (Fsp3) is 0.300. The fourth-order valence-electron chi connectivity index (χ4n) is 3.01. The van der Waals surface area contributed by atoms with Crippen LogP contribution in [0.2, 0.25) is 0 Å². The SMILES string of the molecule is C[C@@H](NC(=O)CN1C(=O)CCOc2ccccc21)c1ccc(S(C)(=O)=O)cc1. The van der Waals surface area contributed by atoms with Crippen molar-refractivity contribution in [2.24, 2.45) is 0 Å². The fourth-order valence-corrected chi connectivity index (χ4v) is 3.64. The first-order chi connectivity index (χ1) is 13.3. The molecular formula is C20H22N2O5S. The molecule has 0 unspecified atom stereocenters. The lowest BCUT2D eigenvalue weighted by molar-refractivity contribution is -0.124. The van der Waals surface area contributed by atoms with E-state index in [1.165, 1.54) is 17.0 Å². The van der Waals surface area contributed by atoms with E-state index in [1.807, 2.05) is 6.07 Å². The Morgan fingerprint density at radius 2 is 1.86 bits per heavy atom. The normalized spacial score (nSPS) is 15.2. The van der Waals surface area contributed by atoms with Gasteiger partial charge in [0, 0.05) is 6.26 Å². The largest absolute Gasteiger partial charge is 0.491 e. The average Bonchev–Trinajstić information content (AvgIpc) is 2.80. The van der Waals surface area contributed by atoms with Gasteiger partial charge in [0.05, 0.1) is 29.7 Å². The van der Waals surface area contributed by atoms with Gasteiger partial charge in [-0.25, -0.2) is 8.42 Å². The van der Waals surface area contributed by atoms with Crippen LogP contribution in [0.15, 0.2) is 53.4 Å². The molecular weight excluding hydrogens is 380 g/mol. The van der Waals surface area contributed by atoms with E-state index in [4.69, 9.17) is 4.74 Å². The van der Waals surface area contributed by atoms with E-state index in [2.05, 4.69) is 5.32 Å². The summed E-state index contributed by atoms with van der Waals surface area (Å²) in [6, 6.07) is 13.1. The Hall–Kier alpha value is -2.87. The van der Waals surface area contributed by atoms with Crippen LogP contribution in [-0.4, -0.2) is 39.6 Å². The summed E-state index contributed by atoms with van der Waals surface area (Å²) in [5.41, 5.74) is 1.34. The maximum Gasteiger partial charge on any atom is 0.240 e. The number of para-hydroxylation sites is 2. The second-order valence-corrected chi connectivity index (χ2v) is 8.69. The highest BCUT2D eigenvalue weighted by molar-refractivity contribution is 7.90. The Morgan fingerprint density at radius 1 is 1.18 bits per heavy atom. The number of fused-ring (bicyclic) bond motifs is 1. The Labute approximate surface area is 164 Å². The lowest BCUT2D eigenvalue weighted by Crippen LogP contribution is -2.41. The van der Waals surface area contributed by atoms with E-state index in [9.17, 15) is 18.0 Å². The van der Waals surface area contributed by atoms with Gasteiger partial charge in [-0.05, 0) is 36.8 Å². The number of benzene rings is 2. The van der Waals surface area contributed by atoms with Crippen molar-refractivity contribution < 1.29 is 22.7 Å². The van der Waals surface area contributed by atoms with Crippen LogP contribution in [0.5, 0.6) is 5.75 Å². The van der Waals surface area contributed by atoms with Crippen molar-refractivity contribution in [3.8, 4) is 5.75 Å². The molecule has 0 aromatic heterocycles. The van der Waals surface area contributed by atoms with Crippen molar-refractivity contribution in [2.45, 2.75) is 24.3 Å². The average molecular weight is 402 g/mol. The molecule has 28 heavy (non-hydrogen) atoms. The van der Waals surface area contributed by atoms with Crippen molar-refractivity contribution in [1.82, 2.24) is 5.32 Å². The molecule has 0 aliphatic carbocycles. The van der Waals surface area contributed by atoms with Gasteiger partial charge in [0.1, 0.15) is 12.3 Å². The van der Waals surface area contributed by atoms with Crippen molar-refractivity contribution in [2.75, 3.05) is 24.3 Å². The highest BCUT2D eigenvalue weighted by Crippen LogP contribution is 2.30. The van der Waals surface area contributed by atoms with Crippen molar-refractivity contribution in [1.29, 1.82) is 0 Å². The summed E-state index contributed by atoms with van der Waals surface area (Å²) < 4.78 is 28.7. The first-order valence-electron chi connectivity index (χ1n) is 8.87. The first kappa shape index (κ1) is 19.9. The number of nitrogens with zero attached hydrogens (tertiary/aromatic N) is 1. The van der Waals surface area contributed by atoms with Crippen LogP contribution < -0.4 is 15.0 Å². The van der Waals surface area contributed by atoms with Gasteiger partial charge in [-0.3, -0.25) is 14.5 Å². The number of anilines is 1. The molecule has 7 nitrogen and oxygen atoms in total. The number of ether oxygens (including phenoxy) is 1. The number of carbonyl (C=O) groups excluding carboxylic acids is 2. The van der Waals surface area contributed by atoms with Crippen LogP contribution in [0.4, 0.5) is 5.69 Å². The van der Waals surface area contributed by atoms with Gasteiger partial charge in [0.25, 0.3) is 0 Å². The zero-order valence-electron chi connectivity index (χ0n) is 15.7. The van der Waals surface area contributed by atoms with E-state index in [1.54, 1.807) is 37.3 Å². The van der Waals surface area contributed by atoms with Gasteiger partial charge < -0.3 is 10.1 Å². The van der Waals surface area contributed by atoms with Crippen LogP contribution in [0, 0.1) is 0 Å². The molecule has 8 heteroatoms. The van der Waals surface area contributed by atoms with E-state index < -0.39 is 9.84 Å². The summed E-state index contributed by atoms with van der Waals surface area (Å²) in [6.45, 7) is 1.96. The van der Waals surface area contributed by atoms with Crippen LogP contribution in [-0.2, 0) is 19.4 Å². The van der Waals surface area contributed by atoms with Gasteiger partial charge in [-0.2, -0.15) is 0 Å². The molecule has 148 valence electrons. The second kappa shape index (κ2) is 8.02. The molecule has 1 heterocycles. The van der Waals surface area contributed by atoms with Crippen molar-refractivity contribution >= 4 is 27.3 Å². The zero-order chi connectivity index (χ0) is 20.3. The second-order valence-electron chi connectivity index (χ2n) is 6.68. The summed E-state index contributed by atoms with van der Waals surface area (Å²) in [6.07, 6.45) is 1.34. The Balaban J connectivity index is 1.70. The van der Waals surface area contributed by atoms with E-state index in [0.29, 0.717) is 11.4 Å². The third-order valence-corrected chi connectivity index (χ3v) is 5.65. The molecule has 1 aliphatic rings. The van der Waals surface area contributed by atoms with Crippen LogP contribution in [0.1, 0.15) is 24.9 Å². The molecule has 0 bridgehead atoms. The molecule has 0 spiro atoms. The van der Waals surface area contributed by atoms with Crippen molar-refractivity contribution in [3.63, 3.8) is 0 Å². The summed E-state index contributed by atoms with van der Waals surface area (Å²) in [4.78, 5) is 26.6. The van der Waals surface area contributed by atoms with Crippen LogP contribution >= 0.6 is 0 Å². The van der Waals surface area contributed by atoms with Crippen LogP contribution in [0.3, 0.4) is 0 Å². The molecule has 3 rings (SSSR count). The minimum absolute atomic E-state index is 0.120. The summed E-state index contributed by atoms with van der Waals surface area (Å²) >= 11 is 0. The quantitative estimate of drug-likeness (QED) is 0.827. The molecule has 2 aromatic carbocycles. The molecule has 1 atom stereocenters. The third kappa shape index (κ3) is 4.51. The summed E-state index contributed by atoms with van der Waals surface area (Å²) in [5, 5.41) is 2.85. The zero-order valence-corrected chi connectivity index (χ0v) is 16.5. The maximum atomic E-state index is 12.5. The number of nitrogens with one attached hydrogen (secondary N) is 1. The Morgan fingerprint density at radius 3 is 2.54 bits per heavy atom. The Kier molecular flexibility index (Phi) is 5.69. The lowest BCUT2D eigenvalue weighted by Gasteiger charge is -2.23. The standard InChI is InChI=1S/C20H22N2O5S/c1-14(15-7-9-16(10-8-15)28(2,25)26)21-19(23)13-22-17-5-3-4-6-18(17)27-12-11-20(22)24/h3-10,14H,11-13H2,1-2H3,(H,21,23)/t14-/m1/s1. The molecule has 0 saturated heterocycles. The van der Waals surface area contributed by atoms with E-state index in [0.717, 1.165) is 11.8 Å². The van der Waals surface area contributed by atoms with E-state index >= 15 is 0 Å². The van der Waals surface area contributed by atoms with Gasteiger partial charge in [-0.1, -0.05) is 24.3 Å². The van der Waals surface area contributed by atoms with E-state index in [-0.39, 0.29) is 42.3 Å². The number of carbonyl (C=O) groups is 2. The molecule has 1 aliphatic heterocycles. The number of hydrogen-bond acceptors (Lipinski definition) is 5. The molecule has 1 N–H and O–H groups in total. The van der Waals surface area contributed by atoms with Crippen LogP contribution in [0.25, 0.3) is 0 Å². The number of sulfone groups is 1. The molecule has 2 amide bonds. The topological polar surface area (TPSA) is 92.8 Å². The Bertz CT molecular complexity index is 986. The van der Waals surface area contributed by atoms with Gasteiger partial charge >= 0.3 is 0 Å². The predicted molar refractivity (Wildman–Crippen MR) is 105 cm³/mol. The molecule has 0 saturated carbocycles. The smallest absolute Gasteiger partial charge is 0.240 e. The monoisotopic (exact) mass is 402 g/mol. The highest BCUT2D eigenvalue weighted by Gasteiger charge is 2.25. The number of amides is 2. The minimum Gasteiger partial charge on any atom is -0.491 e. The summed E-state index contributed by atoms with van der Waals surface area (Å²) in [5.74, 6) is 0.0839. The predicted octanol–water partition coefficient (Wildman–Crippen LogP) is 2.08. The van der Waals surface area contributed by atoms with Gasteiger partial charge in [0.2, 0.25) is 11.8 Å². The number of rotatable bonds is 5. The lowest BCUT2D eigenvalue weighted by atomic mass is 10.1. The first-order valence-corrected chi connectivity index (χ1v) is 10.8. The molecule has 0 radical (unpaired) electrons. The van der Waals surface area contributed by atoms with Crippen molar-refractivity contribution in [3.05, 3.63) is 54.1 Å². The summed E-state index contributed by atoms with van der Waals surface area (Å²) in [7, 11) is -3.27. The number of hydrogen-bond donors (Lipinski definition) is 1. The molecule has 2 aromatic rings.